The summed E-state index contributed by atoms with van der Waals surface area (Å²) in [6.45, 7) is 4.45. The molecule has 3 unspecified atom stereocenters. The summed E-state index contributed by atoms with van der Waals surface area (Å²) in [5.41, 5.74) is 1.21. The minimum atomic E-state index is 0.362. The van der Waals surface area contributed by atoms with Gasteiger partial charge in [0.2, 0.25) is 0 Å². The van der Waals surface area contributed by atoms with Crippen LogP contribution < -0.4 is 5.32 Å². The lowest BCUT2D eigenvalue weighted by atomic mass is 10.1. The number of rotatable bonds is 5. The molecule has 0 amide bonds. The van der Waals surface area contributed by atoms with Gasteiger partial charge in [-0.3, -0.25) is 0 Å². The second kappa shape index (κ2) is 5.20. The Morgan fingerprint density at radius 3 is 2.88 bits per heavy atom. The molecule has 1 aliphatic rings. The zero-order chi connectivity index (χ0) is 11.5. The second-order valence-electron chi connectivity index (χ2n) is 4.80. The predicted octanol–water partition coefficient (Wildman–Crippen LogP) is 4.18. The molecule has 1 saturated carbocycles. The number of hydrogen-bond donors (Lipinski definition) is 1. The van der Waals surface area contributed by atoms with Crippen LogP contribution in [0.3, 0.4) is 0 Å². The van der Waals surface area contributed by atoms with Crippen LogP contribution in [0.25, 0.3) is 0 Å². The van der Waals surface area contributed by atoms with Gasteiger partial charge >= 0.3 is 0 Å². The molecule has 1 N–H and O–H groups in total. The summed E-state index contributed by atoms with van der Waals surface area (Å²) >= 11 is 6.18. The molecule has 88 valence electrons. The van der Waals surface area contributed by atoms with E-state index < -0.39 is 0 Å². The van der Waals surface area contributed by atoms with Crippen LogP contribution in [0, 0.1) is 5.92 Å². The van der Waals surface area contributed by atoms with Gasteiger partial charge in [0.15, 0.2) is 0 Å². The Bertz CT molecular complexity index is 350. The van der Waals surface area contributed by atoms with Crippen LogP contribution in [0.1, 0.15) is 44.7 Å². The minimum Gasteiger partial charge on any atom is -0.307 e. The maximum Gasteiger partial charge on any atom is 0.0453 e. The SMILES string of the molecule is CCCC1CC1NC(C)c1ccccc1Cl. The Balaban J connectivity index is 1.90. The molecular weight excluding hydrogens is 218 g/mol. The highest BCUT2D eigenvalue weighted by Crippen LogP contribution is 2.36. The Hall–Kier alpha value is -0.530. The molecule has 1 aromatic carbocycles. The molecule has 0 aliphatic heterocycles. The Kier molecular flexibility index (Phi) is 3.88. The monoisotopic (exact) mass is 237 g/mol. The van der Waals surface area contributed by atoms with Gasteiger partial charge in [-0.05, 0) is 37.3 Å². The number of halogens is 1. The van der Waals surface area contributed by atoms with Crippen molar-refractivity contribution in [3.05, 3.63) is 34.9 Å². The summed E-state index contributed by atoms with van der Waals surface area (Å²) in [6.07, 6.45) is 3.98. The molecule has 2 heteroatoms. The standard InChI is InChI=1S/C14H20ClN/c1-3-6-11-9-14(11)16-10(2)12-7-4-5-8-13(12)15/h4-5,7-8,10-11,14,16H,3,6,9H2,1-2H3. The van der Waals surface area contributed by atoms with Crippen LogP contribution in [-0.2, 0) is 0 Å². The quantitative estimate of drug-likeness (QED) is 0.810. The first-order chi connectivity index (χ1) is 7.72. The van der Waals surface area contributed by atoms with Crippen molar-refractivity contribution in [1.29, 1.82) is 0 Å². The van der Waals surface area contributed by atoms with Gasteiger partial charge < -0.3 is 5.32 Å². The molecule has 1 aromatic rings. The van der Waals surface area contributed by atoms with Crippen LogP contribution in [0.15, 0.2) is 24.3 Å². The first kappa shape index (κ1) is 11.9. The fourth-order valence-corrected chi connectivity index (χ4v) is 2.68. The van der Waals surface area contributed by atoms with E-state index >= 15 is 0 Å². The molecular formula is C14H20ClN. The molecule has 0 aromatic heterocycles. The van der Waals surface area contributed by atoms with Crippen molar-refractivity contribution in [2.45, 2.75) is 45.2 Å². The highest BCUT2D eigenvalue weighted by molar-refractivity contribution is 6.31. The van der Waals surface area contributed by atoms with E-state index in [1.165, 1.54) is 24.8 Å². The third-order valence-electron chi connectivity index (χ3n) is 3.42. The molecule has 0 saturated heterocycles. The Morgan fingerprint density at radius 1 is 1.44 bits per heavy atom. The van der Waals surface area contributed by atoms with Gasteiger partial charge in [-0.1, -0.05) is 43.1 Å². The molecule has 1 nitrogen and oxygen atoms in total. The fourth-order valence-electron chi connectivity index (χ4n) is 2.38. The minimum absolute atomic E-state index is 0.362. The maximum atomic E-state index is 6.18. The zero-order valence-corrected chi connectivity index (χ0v) is 10.8. The number of benzene rings is 1. The summed E-state index contributed by atoms with van der Waals surface area (Å²) in [4.78, 5) is 0. The van der Waals surface area contributed by atoms with E-state index in [0.717, 1.165) is 10.9 Å². The van der Waals surface area contributed by atoms with E-state index in [2.05, 4.69) is 31.3 Å². The van der Waals surface area contributed by atoms with Gasteiger partial charge in [-0.2, -0.15) is 0 Å². The van der Waals surface area contributed by atoms with Crippen LogP contribution in [0.5, 0.6) is 0 Å². The fraction of sp³-hybridized carbons (Fsp3) is 0.571. The zero-order valence-electron chi connectivity index (χ0n) is 10.0. The van der Waals surface area contributed by atoms with E-state index in [4.69, 9.17) is 11.6 Å². The van der Waals surface area contributed by atoms with E-state index in [0.29, 0.717) is 12.1 Å². The molecule has 3 atom stereocenters. The van der Waals surface area contributed by atoms with E-state index in [-0.39, 0.29) is 0 Å². The van der Waals surface area contributed by atoms with Crippen LogP contribution in [-0.4, -0.2) is 6.04 Å². The number of nitrogens with one attached hydrogen (secondary N) is 1. The Labute approximate surface area is 103 Å². The summed E-state index contributed by atoms with van der Waals surface area (Å²) in [7, 11) is 0. The van der Waals surface area contributed by atoms with Crippen LogP contribution >= 0.6 is 11.6 Å². The molecule has 2 rings (SSSR count). The summed E-state index contributed by atoms with van der Waals surface area (Å²) in [6, 6.07) is 9.18. The highest BCUT2D eigenvalue weighted by atomic mass is 35.5. The third-order valence-corrected chi connectivity index (χ3v) is 3.76. The van der Waals surface area contributed by atoms with Gasteiger partial charge in [-0.15, -0.1) is 0 Å². The normalized spacial score (nSPS) is 25.4. The van der Waals surface area contributed by atoms with E-state index in [1.807, 2.05) is 12.1 Å². The van der Waals surface area contributed by atoms with Gasteiger partial charge in [0.05, 0.1) is 0 Å². The van der Waals surface area contributed by atoms with Crippen LogP contribution in [0.2, 0.25) is 5.02 Å². The van der Waals surface area contributed by atoms with E-state index in [9.17, 15) is 0 Å². The van der Waals surface area contributed by atoms with Gasteiger partial charge in [0.25, 0.3) is 0 Å². The average Bonchev–Trinajstić information content (AvgIpc) is 2.97. The predicted molar refractivity (Wildman–Crippen MR) is 69.8 cm³/mol. The molecule has 16 heavy (non-hydrogen) atoms. The first-order valence-electron chi connectivity index (χ1n) is 6.22. The lowest BCUT2D eigenvalue weighted by molar-refractivity contribution is 0.530. The maximum absolute atomic E-state index is 6.18. The average molecular weight is 238 g/mol. The van der Waals surface area contributed by atoms with Crippen molar-refractivity contribution in [3.8, 4) is 0 Å². The highest BCUT2D eigenvalue weighted by Gasteiger charge is 2.36. The molecule has 0 bridgehead atoms. The smallest absolute Gasteiger partial charge is 0.0453 e. The molecule has 1 aliphatic carbocycles. The van der Waals surface area contributed by atoms with Crippen LogP contribution in [0.4, 0.5) is 0 Å². The van der Waals surface area contributed by atoms with Crippen molar-refractivity contribution < 1.29 is 0 Å². The van der Waals surface area contributed by atoms with Gasteiger partial charge in [0, 0.05) is 17.1 Å². The first-order valence-corrected chi connectivity index (χ1v) is 6.60. The van der Waals surface area contributed by atoms with Gasteiger partial charge in [0.1, 0.15) is 0 Å². The summed E-state index contributed by atoms with van der Waals surface area (Å²) in [5.74, 6) is 0.898. The largest absolute Gasteiger partial charge is 0.307 e. The lowest BCUT2D eigenvalue weighted by Gasteiger charge is -2.15. The van der Waals surface area contributed by atoms with Crippen molar-refractivity contribution >= 4 is 11.6 Å². The topological polar surface area (TPSA) is 12.0 Å². The molecule has 0 heterocycles. The number of hydrogen-bond acceptors (Lipinski definition) is 1. The summed E-state index contributed by atoms with van der Waals surface area (Å²) < 4.78 is 0. The van der Waals surface area contributed by atoms with Crippen molar-refractivity contribution in [3.63, 3.8) is 0 Å². The van der Waals surface area contributed by atoms with Crippen molar-refractivity contribution in [1.82, 2.24) is 5.32 Å². The second-order valence-corrected chi connectivity index (χ2v) is 5.21. The summed E-state index contributed by atoms with van der Waals surface area (Å²) in [5, 5.41) is 4.53. The van der Waals surface area contributed by atoms with Gasteiger partial charge in [-0.25, -0.2) is 0 Å². The Morgan fingerprint density at radius 2 is 2.19 bits per heavy atom. The van der Waals surface area contributed by atoms with E-state index in [1.54, 1.807) is 0 Å². The van der Waals surface area contributed by atoms with Crippen molar-refractivity contribution in [2.24, 2.45) is 5.92 Å². The lowest BCUT2D eigenvalue weighted by Crippen LogP contribution is -2.22. The van der Waals surface area contributed by atoms with Crippen molar-refractivity contribution in [2.75, 3.05) is 0 Å². The molecule has 0 radical (unpaired) electrons. The molecule has 0 spiro atoms. The third kappa shape index (κ3) is 2.78. The molecule has 1 fully saturated rings.